The van der Waals surface area contributed by atoms with Gasteiger partial charge in [0.15, 0.2) is 0 Å². The normalized spacial score (nSPS) is 16.9. The molecule has 0 unspecified atom stereocenters. The maximum absolute atomic E-state index is 12.7. The van der Waals surface area contributed by atoms with Crippen LogP contribution >= 0.6 is 0 Å². The van der Waals surface area contributed by atoms with Crippen molar-refractivity contribution in [2.24, 2.45) is 0 Å². The van der Waals surface area contributed by atoms with Crippen LogP contribution in [0.4, 0.5) is 18.9 Å². The van der Waals surface area contributed by atoms with E-state index in [1.807, 2.05) is 37.4 Å². The number of nitrogens with zero attached hydrogens (tertiary/aromatic N) is 2. The predicted octanol–water partition coefficient (Wildman–Crippen LogP) is 3.21. The molecule has 142 valence electrons. The Morgan fingerprint density at radius 2 is 1.73 bits per heavy atom. The first-order chi connectivity index (χ1) is 12.4. The number of hydrogen-bond acceptors (Lipinski definition) is 4. The van der Waals surface area contributed by atoms with E-state index in [4.69, 9.17) is 9.31 Å². The number of allylic oxidation sites excluding steroid dienone is 1. The lowest BCUT2D eigenvalue weighted by Crippen LogP contribution is -2.41. The minimum Gasteiger partial charge on any atom is -0.405 e. The Balaban J connectivity index is 0.00000163. The van der Waals surface area contributed by atoms with Crippen LogP contribution in [0.3, 0.4) is 0 Å². The van der Waals surface area contributed by atoms with E-state index in [1.54, 1.807) is 11.9 Å². The zero-order valence-electron chi connectivity index (χ0n) is 15.1. The molecule has 1 saturated heterocycles. The number of benzene rings is 1. The monoisotopic (exact) mass is 368 g/mol. The number of para-hydroxylation sites is 1. The van der Waals surface area contributed by atoms with Gasteiger partial charge in [-0.25, -0.2) is 0 Å². The highest BCUT2D eigenvalue weighted by atomic mass is 19.4. The molecule has 1 aromatic carbocycles. The number of hydrogen-bond donors (Lipinski definition) is 0. The standard InChI is InChI=1S/C16H22BF3N2O2.C2H2/c1-21-10-12-23-17(24-13-11-21)15(8-9-16(18,19)20)22(2)14-6-4-3-5-7-14;1-2/h3-8H,9-13H2,1-2H3;1-2H/b15-8-;. The van der Waals surface area contributed by atoms with Gasteiger partial charge in [-0.15, -0.1) is 12.8 Å². The van der Waals surface area contributed by atoms with Gasteiger partial charge in [0.25, 0.3) is 0 Å². The van der Waals surface area contributed by atoms with Crippen LogP contribution < -0.4 is 4.90 Å². The number of likely N-dealkylation sites (N-methyl/N-ethyl adjacent to an activating group) is 1. The molecular formula is C18H24BF3N2O2. The zero-order valence-corrected chi connectivity index (χ0v) is 15.1. The molecule has 1 heterocycles. The first kappa shape index (κ1) is 22.1. The van der Waals surface area contributed by atoms with Gasteiger partial charge in [0, 0.05) is 44.6 Å². The minimum atomic E-state index is -4.27. The lowest BCUT2D eigenvalue weighted by atomic mass is 9.81. The summed E-state index contributed by atoms with van der Waals surface area (Å²) < 4.78 is 49.4. The Morgan fingerprint density at radius 1 is 1.19 bits per heavy atom. The third-order valence-corrected chi connectivity index (χ3v) is 3.80. The molecule has 4 nitrogen and oxygen atoms in total. The summed E-state index contributed by atoms with van der Waals surface area (Å²) in [6.07, 6.45) is 3.84. The van der Waals surface area contributed by atoms with E-state index in [-0.39, 0.29) is 0 Å². The van der Waals surface area contributed by atoms with Gasteiger partial charge in [-0.2, -0.15) is 13.2 Å². The lowest BCUT2D eigenvalue weighted by Gasteiger charge is -2.30. The lowest BCUT2D eigenvalue weighted by molar-refractivity contribution is -0.125. The SMILES string of the molecule is C#C.CN1CCOB(/C(=C/CC(F)(F)F)N(C)c2ccccc2)OCC1. The Hall–Kier alpha value is -1.95. The van der Waals surface area contributed by atoms with Gasteiger partial charge in [0.05, 0.1) is 6.42 Å². The van der Waals surface area contributed by atoms with Crippen molar-refractivity contribution in [3.63, 3.8) is 0 Å². The zero-order chi connectivity index (χ0) is 19.6. The van der Waals surface area contributed by atoms with Crippen LogP contribution in [0.2, 0.25) is 0 Å². The number of anilines is 1. The average Bonchev–Trinajstić information content (AvgIpc) is 2.60. The summed E-state index contributed by atoms with van der Waals surface area (Å²) in [4.78, 5) is 3.73. The number of alkyl halides is 3. The molecule has 0 N–H and O–H groups in total. The first-order valence-corrected chi connectivity index (χ1v) is 8.17. The van der Waals surface area contributed by atoms with E-state index in [2.05, 4.69) is 17.7 Å². The summed E-state index contributed by atoms with van der Waals surface area (Å²) in [5.74, 6) is 0. The van der Waals surface area contributed by atoms with Gasteiger partial charge in [0.1, 0.15) is 0 Å². The average molecular weight is 368 g/mol. The van der Waals surface area contributed by atoms with E-state index in [9.17, 15) is 13.2 Å². The fraction of sp³-hybridized carbons (Fsp3) is 0.444. The van der Waals surface area contributed by atoms with Crippen molar-refractivity contribution in [1.82, 2.24) is 4.90 Å². The molecule has 1 aliphatic heterocycles. The number of halogens is 3. The van der Waals surface area contributed by atoms with Gasteiger partial charge >= 0.3 is 13.3 Å². The Morgan fingerprint density at radius 3 is 2.23 bits per heavy atom. The summed E-state index contributed by atoms with van der Waals surface area (Å²) in [5.41, 5.74) is 1.14. The van der Waals surface area contributed by atoms with Crippen molar-refractivity contribution in [3.8, 4) is 12.8 Å². The number of terminal acetylenes is 1. The summed E-state index contributed by atoms with van der Waals surface area (Å²) in [6.45, 7) is 2.21. The smallest absolute Gasteiger partial charge is 0.405 e. The van der Waals surface area contributed by atoms with Crippen LogP contribution in [-0.4, -0.2) is 58.6 Å². The maximum Gasteiger partial charge on any atom is 0.511 e. The third kappa shape index (κ3) is 7.52. The van der Waals surface area contributed by atoms with Crippen LogP contribution in [0.15, 0.2) is 42.0 Å². The molecular weight excluding hydrogens is 344 g/mol. The predicted molar refractivity (Wildman–Crippen MR) is 98.6 cm³/mol. The van der Waals surface area contributed by atoms with E-state index in [0.717, 1.165) is 11.8 Å². The van der Waals surface area contributed by atoms with Crippen LogP contribution in [0.1, 0.15) is 6.42 Å². The van der Waals surface area contributed by atoms with E-state index in [0.29, 0.717) is 31.9 Å². The molecule has 0 spiro atoms. The second-order valence-electron chi connectivity index (χ2n) is 5.72. The molecule has 0 aliphatic carbocycles. The summed E-state index contributed by atoms with van der Waals surface area (Å²) in [5, 5.41) is 0. The first-order valence-electron chi connectivity index (χ1n) is 8.17. The van der Waals surface area contributed by atoms with Gasteiger partial charge in [-0.3, -0.25) is 0 Å². The molecule has 8 heteroatoms. The van der Waals surface area contributed by atoms with E-state index >= 15 is 0 Å². The number of rotatable bonds is 4. The van der Waals surface area contributed by atoms with Crippen molar-refractivity contribution < 1.29 is 22.5 Å². The Labute approximate surface area is 153 Å². The second kappa shape index (κ2) is 10.9. The van der Waals surface area contributed by atoms with Crippen molar-refractivity contribution in [2.75, 3.05) is 45.3 Å². The molecule has 1 fully saturated rings. The summed E-state index contributed by atoms with van der Waals surface area (Å²) in [7, 11) is 2.85. The molecule has 0 atom stereocenters. The molecule has 0 aromatic heterocycles. The third-order valence-electron chi connectivity index (χ3n) is 3.80. The quantitative estimate of drug-likeness (QED) is 0.602. The van der Waals surface area contributed by atoms with E-state index < -0.39 is 19.7 Å². The summed E-state index contributed by atoms with van der Waals surface area (Å²) in [6, 6.07) is 9.19. The van der Waals surface area contributed by atoms with Crippen LogP contribution in [0.25, 0.3) is 0 Å². The molecule has 0 amide bonds. The largest absolute Gasteiger partial charge is 0.511 e. The van der Waals surface area contributed by atoms with Crippen molar-refractivity contribution in [1.29, 1.82) is 0 Å². The van der Waals surface area contributed by atoms with Gasteiger partial charge in [0.2, 0.25) is 0 Å². The molecule has 0 bridgehead atoms. The highest BCUT2D eigenvalue weighted by Crippen LogP contribution is 2.25. The molecule has 0 saturated carbocycles. The maximum atomic E-state index is 12.7. The van der Waals surface area contributed by atoms with Crippen LogP contribution in [-0.2, 0) is 9.31 Å². The van der Waals surface area contributed by atoms with Gasteiger partial charge in [-0.1, -0.05) is 24.3 Å². The van der Waals surface area contributed by atoms with Crippen LogP contribution in [0.5, 0.6) is 0 Å². The minimum absolute atomic E-state index is 0.364. The molecule has 26 heavy (non-hydrogen) atoms. The second-order valence-corrected chi connectivity index (χ2v) is 5.72. The van der Waals surface area contributed by atoms with E-state index in [1.165, 1.54) is 0 Å². The van der Waals surface area contributed by atoms with Crippen LogP contribution in [0, 0.1) is 12.8 Å². The molecule has 0 radical (unpaired) electrons. The molecule has 1 aromatic rings. The fourth-order valence-electron chi connectivity index (χ4n) is 2.37. The topological polar surface area (TPSA) is 24.9 Å². The van der Waals surface area contributed by atoms with Crippen molar-refractivity contribution in [2.45, 2.75) is 12.6 Å². The highest BCUT2D eigenvalue weighted by Gasteiger charge is 2.32. The van der Waals surface area contributed by atoms with Gasteiger partial charge in [-0.05, 0) is 19.2 Å². The fourth-order valence-corrected chi connectivity index (χ4v) is 2.37. The molecule has 2 rings (SSSR count). The molecule has 1 aliphatic rings. The van der Waals surface area contributed by atoms with Crippen molar-refractivity contribution in [3.05, 3.63) is 42.0 Å². The Kier molecular flexibility index (Phi) is 9.28. The van der Waals surface area contributed by atoms with Crippen molar-refractivity contribution >= 4 is 12.8 Å². The van der Waals surface area contributed by atoms with Gasteiger partial charge < -0.3 is 19.1 Å². The highest BCUT2D eigenvalue weighted by molar-refractivity contribution is 6.54. The summed E-state index contributed by atoms with van der Waals surface area (Å²) >= 11 is 0. The Bertz CT molecular complexity index is 569.